The maximum absolute atomic E-state index is 5.02. The van der Waals surface area contributed by atoms with E-state index >= 15 is 0 Å². The highest BCUT2D eigenvalue weighted by Gasteiger charge is 2.50. The molecule has 0 aromatic carbocycles. The molecule has 5 rings (SSSR count). The summed E-state index contributed by atoms with van der Waals surface area (Å²) in [4.78, 5) is 5.02. The number of nitrogens with zero attached hydrogens (tertiary/aromatic N) is 4. The predicted octanol–water partition coefficient (Wildman–Crippen LogP) is 2.61. The van der Waals surface area contributed by atoms with Gasteiger partial charge in [-0.25, -0.2) is 0 Å². The molecule has 4 bridgehead atoms. The van der Waals surface area contributed by atoms with Gasteiger partial charge in [-0.15, -0.1) is 10.2 Å². The zero-order chi connectivity index (χ0) is 18.0. The summed E-state index contributed by atoms with van der Waals surface area (Å²) in [5.74, 6) is 4.99. The van der Waals surface area contributed by atoms with Crippen LogP contribution in [0.1, 0.15) is 58.2 Å². The van der Waals surface area contributed by atoms with Gasteiger partial charge >= 0.3 is 0 Å². The Morgan fingerprint density at radius 3 is 2.46 bits per heavy atom. The number of hydrogen-bond donors (Lipinski definition) is 2. The van der Waals surface area contributed by atoms with E-state index < -0.39 is 0 Å². The van der Waals surface area contributed by atoms with Crippen LogP contribution in [-0.2, 0) is 13.0 Å². The fourth-order valence-electron chi connectivity index (χ4n) is 6.11. The van der Waals surface area contributed by atoms with Crippen molar-refractivity contribution < 1.29 is 0 Å². The maximum Gasteiger partial charge on any atom is 0.191 e. The molecule has 0 saturated heterocycles. The third kappa shape index (κ3) is 3.74. The van der Waals surface area contributed by atoms with Gasteiger partial charge in [0.2, 0.25) is 0 Å². The first kappa shape index (κ1) is 17.8. The van der Waals surface area contributed by atoms with Crippen molar-refractivity contribution in [3.8, 4) is 0 Å². The normalized spacial score (nSPS) is 32.8. The molecule has 0 unspecified atom stereocenters. The lowest BCUT2D eigenvalue weighted by Crippen LogP contribution is -2.48. The highest BCUT2D eigenvalue weighted by molar-refractivity contribution is 5.79. The van der Waals surface area contributed by atoms with Gasteiger partial charge in [0.05, 0.1) is 0 Å². The molecule has 1 aromatic rings. The zero-order valence-electron chi connectivity index (χ0n) is 16.4. The standard InChI is InChI=1S/C20H34N6/c1-3-18-25-24-14-26(18)6-5-22-19(21-4-2)23-13-20-10-15-7-16(11-20)9-17(8-15)12-20/h14-17H,3-13H2,1-2H3,(H2,21,22,23). The molecule has 1 heterocycles. The van der Waals surface area contributed by atoms with E-state index in [1.54, 1.807) is 0 Å². The number of aromatic nitrogens is 3. The predicted molar refractivity (Wildman–Crippen MR) is 104 cm³/mol. The second kappa shape index (κ2) is 7.57. The molecule has 4 aliphatic carbocycles. The topological polar surface area (TPSA) is 67.1 Å². The minimum absolute atomic E-state index is 0.501. The summed E-state index contributed by atoms with van der Waals surface area (Å²) in [6.45, 7) is 7.87. The van der Waals surface area contributed by atoms with E-state index in [1.807, 2.05) is 6.33 Å². The lowest BCUT2D eigenvalue weighted by molar-refractivity contribution is -0.0465. The first-order chi connectivity index (χ1) is 12.7. The van der Waals surface area contributed by atoms with E-state index in [9.17, 15) is 0 Å². The van der Waals surface area contributed by atoms with Crippen LogP contribution in [0, 0.1) is 23.2 Å². The average molecular weight is 359 g/mol. The van der Waals surface area contributed by atoms with Crippen LogP contribution in [0.3, 0.4) is 0 Å². The largest absolute Gasteiger partial charge is 0.357 e. The second-order valence-corrected chi connectivity index (χ2v) is 8.83. The molecule has 0 radical (unpaired) electrons. The van der Waals surface area contributed by atoms with Crippen molar-refractivity contribution in [2.75, 3.05) is 19.6 Å². The van der Waals surface area contributed by atoms with Gasteiger partial charge in [0, 0.05) is 32.6 Å². The van der Waals surface area contributed by atoms with Crippen LogP contribution in [0.25, 0.3) is 0 Å². The number of aliphatic imine (C=N–C) groups is 1. The second-order valence-electron chi connectivity index (χ2n) is 8.83. The molecule has 26 heavy (non-hydrogen) atoms. The van der Waals surface area contributed by atoms with E-state index in [0.29, 0.717) is 5.41 Å². The summed E-state index contributed by atoms with van der Waals surface area (Å²) in [5.41, 5.74) is 0.501. The van der Waals surface area contributed by atoms with Gasteiger partial charge in [0.1, 0.15) is 12.2 Å². The Hall–Kier alpha value is -1.59. The molecular weight excluding hydrogens is 324 g/mol. The molecule has 4 saturated carbocycles. The van der Waals surface area contributed by atoms with Crippen molar-refractivity contribution in [1.29, 1.82) is 0 Å². The lowest BCUT2D eigenvalue weighted by Gasteiger charge is -2.56. The fraction of sp³-hybridized carbons (Fsp3) is 0.850. The Balaban J connectivity index is 1.34. The summed E-state index contributed by atoms with van der Waals surface area (Å²) < 4.78 is 2.12. The Labute approximate surface area is 157 Å². The summed E-state index contributed by atoms with van der Waals surface area (Å²) in [6, 6.07) is 0. The van der Waals surface area contributed by atoms with Crippen molar-refractivity contribution in [2.24, 2.45) is 28.2 Å². The van der Waals surface area contributed by atoms with Crippen LogP contribution < -0.4 is 10.6 Å². The molecule has 6 heteroatoms. The Kier molecular flexibility index (Phi) is 5.18. The van der Waals surface area contributed by atoms with E-state index in [1.165, 1.54) is 38.5 Å². The minimum atomic E-state index is 0.501. The molecule has 0 aliphatic heterocycles. The summed E-state index contributed by atoms with van der Waals surface area (Å²) in [6.07, 6.45) is 11.5. The van der Waals surface area contributed by atoms with E-state index in [0.717, 1.165) is 62.1 Å². The Morgan fingerprint density at radius 2 is 1.85 bits per heavy atom. The van der Waals surface area contributed by atoms with Crippen molar-refractivity contribution in [3.63, 3.8) is 0 Å². The Morgan fingerprint density at radius 1 is 1.15 bits per heavy atom. The summed E-state index contributed by atoms with van der Waals surface area (Å²) >= 11 is 0. The van der Waals surface area contributed by atoms with Crippen LogP contribution in [0.4, 0.5) is 0 Å². The molecular formula is C20H34N6. The number of guanidine groups is 1. The quantitative estimate of drug-likeness (QED) is 0.581. The number of aryl methyl sites for hydroxylation is 1. The van der Waals surface area contributed by atoms with Gasteiger partial charge in [0.25, 0.3) is 0 Å². The average Bonchev–Trinajstić information content (AvgIpc) is 3.06. The molecule has 144 valence electrons. The van der Waals surface area contributed by atoms with Crippen LogP contribution in [0.15, 0.2) is 11.3 Å². The van der Waals surface area contributed by atoms with Gasteiger partial charge in [-0.2, -0.15) is 0 Å². The molecule has 2 N–H and O–H groups in total. The summed E-state index contributed by atoms with van der Waals surface area (Å²) in [7, 11) is 0. The molecule has 4 aliphatic rings. The van der Waals surface area contributed by atoms with Gasteiger partial charge in [-0.1, -0.05) is 6.92 Å². The lowest BCUT2D eigenvalue weighted by atomic mass is 9.49. The van der Waals surface area contributed by atoms with Gasteiger partial charge in [-0.3, -0.25) is 4.99 Å². The first-order valence-electron chi connectivity index (χ1n) is 10.6. The minimum Gasteiger partial charge on any atom is -0.357 e. The third-order valence-corrected chi connectivity index (χ3v) is 6.74. The summed E-state index contributed by atoms with van der Waals surface area (Å²) in [5, 5.41) is 15.1. The van der Waals surface area contributed by atoms with Gasteiger partial charge in [-0.05, 0) is 68.6 Å². The zero-order valence-corrected chi connectivity index (χ0v) is 16.4. The van der Waals surface area contributed by atoms with Crippen molar-refractivity contribution >= 4 is 5.96 Å². The molecule has 0 atom stereocenters. The fourth-order valence-corrected chi connectivity index (χ4v) is 6.11. The van der Waals surface area contributed by atoms with E-state index in [4.69, 9.17) is 4.99 Å². The highest BCUT2D eigenvalue weighted by Crippen LogP contribution is 2.60. The van der Waals surface area contributed by atoms with Crippen LogP contribution in [-0.4, -0.2) is 40.4 Å². The van der Waals surface area contributed by atoms with Crippen LogP contribution in [0.5, 0.6) is 0 Å². The van der Waals surface area contributed by atoms with Crippen LogP contribution >= 0.6 is 0 Å². The SMILES string of the molecule is CCNC(=NCC12CC3CC(CC(C3)C1)C2)NCCn1cnnc1CC. The first-order valence-corrected chi connectivity index (χ1v) is 10.6. The molecule has 0 spiro atoms. The number of nitrogens with one attached hydrogen (secondary N) is 2. The molecule has 0 amide bonds. The number of hydrogen-bond acceptors (Lipinski definition) is 3. The van der Waals surface area contributed by atoms with Crippen molar-refractivity contribution in [3.05, 3.63) is 12.2 Å². The molecule has 1 aromatic heterocycles. The monoisotopic (exact) mass is 358 g/mol. The Bertz CT molecular complexity index is 599. The van der Waals surface area contributed by atoms with Crippen LogP contribution in [0.2, 0.25) is 0 Å². The van der Waals surface area contributed by atoms with Crippen molar-refractivity contribution in [1.82, 2.24) is 25.4 Å². The smallest absolute Gasteiger partial charge is 0.191 e. The van der Waals surface area contributed by atoms with Crippen molar-refractivity contribution in [2.45, 2.75) is 65.3 Å². The third-order valence-electron chi connectivity index (χ3n) is 6.74. The molecule has 4 fully saturated rings. The number of rotatable bonds is 7. The highest BCUT2D eigenvalue weighted by atomic mass is 15.3. The van der Waals surface area contributed by atoms with E-state index in [2.05, 4.69) is 39.2 Å². The maximum atomic E-state index is 5.02. The molecule has 6 nitrogen and oxygen atoms in total. The van der Waals surface area contributed by atoms with Gasteiger partial charge in [0.15, 0.2) is 5.96 Å². The van der Waals surface area contributed by atoms with Gasteiger partial charge < -0.3 is 15.2 Å². The van der Waals surface area contributed by atoms with E-state index in [-0.39, 0.29) is 0 Å².